The number of unbranched alkanes of at least 4 members (excludes halogenated alkanes) is 4. The van der Waals surface area contributed by atoms with Gasteiger partial charge in [0.15, 0.2) is 0 Å². The van der Waals surface area contributed by atoms with Crippen molar-refractivity contribution in [3.8, 4) is 0 Å². The van der Waals surface area contributed by atoms with Crippen LogP contribution < -0.4 is 5.32 Å². The lowest BCUT2D eigenvalue weighted by Crippen LogP contribution is -2.31. The molecule has 0 amide bonds. The molecule has 1 aromatic rings. The van der Waals surface area contributed by atoms with Gasteiger partial charge in [0.05, 0.1) is 0 Å². The Morgan fingerprint density at radius 2 is 1.90 bits per heavy atom. The van der Waals surface area contributed by atoms with Crippen molar-refractivity contribution in [1.82, 2.24) is 5.32 Å². The molecule has 0 bridgehead atoms. The van der Waals surface area contributed by atoms with E-state index in [9.17, 15) is 4.39 Å². The second-order valence-electron chi connectivity index (χ2n) is 5.62. The highest BCUT2D eigenvalue weighted by Crippen LogP contribution is 2.21. The molecule has 21 heavy (non-hydrogen) atoms. The first-order valence-electron chi connectivity index (χ1n) is 8.38. The summed E-state index contributed by atoms with van der Waals surface area (Å²) in [5, 5.41) is 3.63. The molecule has 3 heteroatoms. The molecule has 1 unspecified atom stereocenters. The van der Waals surface area contributed by atoms with Crippen molar-refractivity contribution >= 4 is 11.8 Å². The maximum absolute atomic E-state index is 13.2. The molecular weight excluding hydrogens is 281 g/mol. The smallest absolute Gasteiger partial charge is 0.124 e. The monoisotopic (exact) mass is 311 g/mol. The average Bonchev–Trinajstić information content (AvgIpc) is 2.49. The summed E-state index contributed by atoms with van der Waals surface area (Å²) in [6.45, 7) is 5.52. The first kappa shape index (κ1) is 18.5. The molecule has 0 saturated carbocycles. The van der Waals surface area contributed by atoms with Crippen LogP contribution >= 0.6 is 11.8 Å². The summed E-state index contributed by atoms with van der Waals surface area (Å²) >= 11 is 1.76. The topological polar surface area (TPSA) is 12.0 Å². The fourth-order valence-corrected chi connectivity index (χ4v) is 3.39. The molecule has 0 radical (unpaired) electrons. The molecule has 1 nitrogen and oxygen atoms in total. The van der Waals surface area contributed by atoms with Gasteiger partial charge in [-0.2, -0.15) is 0 Å². The molecule has 1 aromatic carbocycles. The van der Waals surface area contributed by atoms with E-state index in [-0.39, 0.29) is 5.82 Å². The Morgan fingerprint density at radius 1 is 1.10 bits per heavy atom. The van der Waals surface area contributed by atoms with Gasteiger partial charge in [-0.15, -0.1) is 11.8 Å². The van der Waals surface area contributed by atoms with Gasteiger partial charge in [-0.1, -0.05) is 52.0 Å². The second kappa shape index (κ2) is 12.0. The van der Waals surface area contributed by atoms with E-state index in [1.807, 2.05) is 6.07 Å². The maximum atomic E-state index is 13.2. The third-order valence-corrected chi connectivity index (χ3v) is 4.74. The van der Waals surface area contributed by atoms with Crippen molar-refractivity contribution in [2.75, 3.05) is 12.3 Å². The molecule has 0 saturated heterocycles. The van der Waals surface area contributed by atoms with Crippen LogP contribution in [0.25, 0.3) is 0 Å². The van der Waals surface area contributed by atoms with E-state index in [4.69, 9.17) is 0 Å². The van der Waals surface area contributed by atoms with Gasteiger partial charge in [-0.05, 0) is 37.6 Å². The Hall–Kier alpha value is -0.540. The molecule has 0 spiro atoms. The van der Waals surface area contributed by atoms with Crippen LogP contribution in [-0.4, -0.2) is 18.3 Å². The van der Waals surface area contributed by atoms with E-state index in [2.05, 4.69) is 19.2 Å². The Labute approximate surface area is 134 Å². The van der Waals surface area contributed by atoms with Crippen molar-refractivity contribution in [3.05, 3.63) is 30.1 Å². The zero-order valence-electron chi connectivity index (χ0n) is 13.5. The molecule has 0 fully saturated rings. The average molecular weight is 312 g/mol. The minimum absolute atomic E-state index is 0.141. The van der Waals surface area contributed by atoms with Gasteiger partial charge in [0.25, 0.3) is 0 Å². The van der Waals surface area contributed by atoms with Crippen molar-refractivity contribution in [2.24, 2.45) is 0 Å². The number of hydrogen-bond acceptors (Lipinski definition) is 2. The molecule has 0 heterocycles. The number of thioether (sulfide) groups is 1. The molecule has 1 atom stereocenters. The Kier molecular flexibility index (Phi) is 10.6. The quantitative estimate of drug-likeness (QED) is 0.395. The second-order valence-corrected chi connectivity index (χ2v) is 6.72. The van der Waals surface area contributed by atoms with E-state index in [0.717, 1.165) is 23.6 Å². The fourth-order valence-electron chi connectivity index (χ4n) is 2.34. The molecule has 1 N–H and O–H groups in total. The molecule has 1 rings (SSSR count). The number of benzene rings is 1. The third-order valence-electron chi connectivity index (χ3n) is 3.59. The van der Waals surface area contributed by atoms with Gasteiger partial charge >= 0.3 is 0 Å². The van der Waals surface area contributed by atoms with E-state index < -0.39 is 0 Å². The number of nitrogens with one attached hydrogen (secondary N) is 1. The molecule has 0 aliphatic carbocycles. The van der Waals surface area contributed by atoms with Crippen LogP contribution in [0.15, 0.2) is 29.2 Å². The summed E-state index contributed by atoms with van der Waals surface area (Å²) in [5.74, 6) is 0.884. The number of rotatable bonds is 12. The first-order valence-corrected chi connectivity index (χ1v) is 9.36. The largest absolute Gasteiger partial charge is 0.313 e. The van der Waals surface area contributed by atoms with Crippen molar-refractivity contribution < 1.29 is 4.39 Å². The van der Waals surface area contributed by atoms with Gasteiger partial charge in [0, 0.05) is 16.7 Å². The van der Waals surface area contributed by atoms with Gasteiger partial charge in [-0.25, -0.2) is 4.39 Å². The highest BCUT2D eigenvalue weighted by atomic mass is 32.2. The van der Waals surface area contributed by atoms with Crippen LogP contribution in [0.3, 0.4) is 0 Å². The highest BCUT2D eigenvalue weighted by Gasteiger charge is 2.08. The lowest BCUT2D eigenvalue weighted by molar-refractivity contribution is 0.485. The van der Waals surface area contributed by atoms with E-state index >= 15 is 0 Å². The summed E-state index contributed by atoms with van der Waals surface area (Å²) in [4.78, 5) is 1.03. The zero-order valence-corrected chi connectivity index (χ0v) is 14.4. The minimum Gasteiger partial charge on any atom is -0.313 e. The third kappa shape index (κ3) is 9.15. The lowest BCUT2D eigenvalue weighted by atomic mass is 10.1. The number of hydrogen-bond donors (Lipinski definition) is 1. The molecule has 0 aliphatic heterocycles. The summed E-state index contributed by atoms with van der Waals surface area (Å²) < 4.78 is 13.2. The summed E-state index contributed by atoms with van der Waals surface area (Å²) in [7, 11) is 0. The standard InChI is InChI=1S/C18H30FNS/c1-3-5-6-7-8-11-17(20-13-4-2)15-21-18-12-9-10-16(19)14-18/h9-10,12,14,17,20H,3-8,11,13,15H2,1-2H3. The fraction of sp³-hybridized carbons (Fsp3) is 0.667. The van der Waals surface area contributed by atoms with E-state index in [1.54, 1.807) is 23.9 Å². The maximum Gasteiger partial charge on any atom is 0.124 e. The Morgan fingerprint density at radius 3 is 2.62 bits per heavy atom. The SMILES string of the molecule is CCCCCCCC(CSc1cccc(F)c1)NCCC. The lowest BCUT2D eigenvalue weighted by Gasteiger charge is -2.18. The van der Waals surface area contributed by atoms with Crippen molar-refractivity contribution in [1.29, 1.82) is 0 Å². The van der Waals surface area contributed by atoms with Gasteiger partial charge in [0.1, 0.15) is 5.82 Å². The summed E-state index contributed by atoms with van der Waals surface area (Å²) in [6, 6.07) is 7.45. The highest BCUT2D eigenvalue weighted by molar-refractivity contribution is 7.99. The summed E-state index contributed by atoms with van der Waals surface area (Å²) in [5.41, 5.74) is 0. The van der Waals surface area contributed by atoms with Crippen LogP contribution in [-0.2, 0) is 0 Å². The van der Waals surface area contributed by atoms with Crippen LogP contribution in [0.4, 0.5) is 4.39 Å². The van der Waals surface area contributed by atoms with Crippen molar-refractivity contribution in [3.63, 3.8) is 0 Å². The number of halogens is 1. The van der Waals surface area contributed by atoms with Crippen LogP contribution in [0, 0.1) is 5.82 Å². The van der Waals surface area contributed by atoms with Gasteiger partial charge in [-0.3, -0.25) is 0 Å². The van der Waals surface area contributed by atoms with E-state index in [1.165, 1.54) is 44.6 Å². The van der Waals surface area contributed by atoms with Crippen LogP contribution in [0.5, 0.6) is 0 Å². The molecule has 0 aromatic heterocycles. The first-order chi connectivity index (χ1) is 10.3. The normalized spacial score (nSPS) is 12.5. The van der Waals surface area contributed by atoms with Gasteiger partial charge < -0.3 is 5.32 Å². The van der Waals surface area contributed by atoms with Gasteiger partial charge in [0.2, 0.25) is 0 Å². The Balaban J connectivity index is 2.31. The van der Waals surface area contributed by atoms with Crippen molar-refractivity contribution in [2.45, 2.75) is 69.7 Å². The molecular formula is C18H30FNS. The molecule has 0 aliphatic rings. The molecule has 120 valence electrons. The predicted molar refractivity (Wildman–Crippen MR) is 92.6 cm³/mol. The Bertz CT molecular complexity index is 370. The summed E-state index contributed by atoms with van der Waals surface area (Å²) in [6.07, 6.45) is 9.03. The van der Waals surface area contributed by atoms with E-state index in [0.29, 0.717) is 6.04 Å². The van der Waals surface area contributed by atoms with Crippen LogP contribution in [0.1, 0.15) is 58.8 Å². The zero-order chi connectivity index (χ0) is 15.3. The predicted octanol–water partition coefficient (Wildman–Crippen LogP) is 5.65. The van der Waals surface area contributed by atoms with Crippen LogP contribution in [0.2, 0.25) is 0 Å². The minimum atomic E-state index is -0.141.